The SMILES string of the molecule is COc1cc(Br)cc(C=Nc2sc3c(c2C(=O)Nc2ccccc2)CCCC3)c1OCc1ccccc1F. The number of methoxy groups -OCH3 is 1. The lowest BCUT2D eigenvalue weighted by Crippen LogP contribution is -2.14. The zero-order valence-corrected chi connectivity index (χ0v) is 23.2. The fourth-order valence-corrected chi connectivity index (χ4v) is 6.16. The number of halogens is 2. The molecule has 0 spiro atoms. The highest BCUT2D eigenvalue weighted by Crippen LogP contribution is 2.41. The van der Waals surface area contributed by atoms with E-state index in [1.54, 1.807) is 48.9 Å². The molecular formula is C30H26BrFN2O3S. The fraction of sp³-hybridized carbons (Fsp3) is 0.200. The van der Waals surface area contributed by atoms with Crippen LogP contribution in [0.5, 0.6) is 11.5 Å². The maximum atomic E-state index is 14.2. The van der Waals surface area contributed by atoms with Crippen LogP contribution in [0.25, 0.3) is 0 Å². The van der Waals surface area contributed by atoms with Crippen LogP contribution in [-0.2, 0) is 19.4 Å². The van der Waals surface area contributed by atoms with Gasteiger partial charge in [0, 0.05) is 32.4 Å². The van der Waals surface area contributed by atoms with E-state index in [2.05, 4.69) is 21.2 Å². The monoisotopic (exact) mass is 592 g/mol. The van der Waals surface area contributed by atoms with Crippen molar-refractivity contribution in [3.8, 4) is 11.5 Å². The van der Waals surface area contributed by atoms with Gasteiger partial charge in [-0.3, -0.25) is 4.79 Å². The minimum absolute atomic E-state index is 0.0313. The number of anilines is 1. The normalized spacial score (nSPS) is 12.8. The Labute approximate surface area is 233 Å². The van der Waals surface area contributed by atoms with Crippen LogP contribution < -0.4 is 14.8 Å². The highest BCUT2D eigenvalue weighted by atomic mass is 79.9. The van der Waals surface area contributed by atoms with Gasteiger partial charge in [-0.25, -0.2) is 9.38 Å². The van der Waals surface area contributed by atoms with E-state index in [0.717, 1.165) is 41.4 Å². The minimum Gasteiger partial charge on any atom is -0.493 e. The zero-order valence-electron chi connectivity index (χ0n) is 20.8. The van der Waals surface area contributed by atoms with Gasteiger partial charge in [0.15, 0.2) is 11.5 Å². The van der Waals surface area contributed by atoms with E-state index in [4.69, 9.17) is 14.5 Å². The third kappa shape index (κ3) is 5.81. The summed E-state index contributed by atoms with van der Waals surface area (Å²) >= 11 is 5.08. The number of rotatable bonds is 8. The number of hydrogen-bond acceptors (Lipinski definition) is 5. The smallest absolute Gasteiger partial charge is 0.259 e. The van der Waals surface area contributed by atoms with Crippen molar-refractivity contribution in [1.82, 2.24) is 0 Å². The van der Waals surface area contributed by atoms with Crippen LogP contribution in [-0.4, -0.2) is 19.2 Å². The van der Waals surface area contributed by atoms with Crippen LogP contribution in [0, 0.1) is 5.82 Å². The summed E-state index contributed by atoms with van der Waals surface area (Å²) in [6.45, 7) is 0.0313. The second kappa shape index (κ2) is 11.9. The number of nitrogens with zero attached hydrogens (tertiary/aromatic N) is 1. The number of hydrogen-bond donors (Lipinski definition) is 1. The number of nitrogens with one attached hydrogen (secondary N) is 1. The molecule has 1 amide bonds. The molecule has 3 aromatic carbocycles. The summed E-state index contributed by atoms with van der Waals surface area (Å²) in [5.74, 6) is 0.437. The van der Waals surface area contributed by atoms with E-state index in [9.17, 15) is 9.18 Å². The van der Waals surface area contributed by atoms with Crippen LogP contribution >= 0.6 is 27.3 Å². The second-order valence-corrected chi connectivity index (χ2v) is 10.9. The van der Waals surface area contributed by atoms with Crippen LogP contribution in [0.4, 0.5) is 15.1 Å². The third-order valence-electron chi connectivity index (χ3n) is 6.33. The van der Waals surface area contributed by atoms with Gasteiger partial charge < -0.3 is 14.8 Å². The van der Waals surface area contributed by atoms with Crippen molar-refractivity contribution in [3.05, 3.63) is 104 Å². The van der Waals surface area contributed by atoms with E-state index >= 15 is 0 Å². The van der Waals surface area contributed by atoms with Crippen LogP contribution in [0.15, 0.2) is 76.2 Å². The summed E-state index contributed by atoms with van der Waals surface area (Å²) in [5, 5.41) is 3.68. The first-order valence-electron chi connectivity index (χ1n) is 12.3. The Morgan fingerprint density at radius 3 is 2.66 bits per heavy atom. The van der Waals surface area contributed by atoms with Crippen LogP contribution in [0.2, 0.25) is 0 Å². The lowest BCUT2D eigenvalue weighted by molar-refractivity contribution is 0.102. The minimum atomic E-state index is -0.336. The highest BCUT2D eigenvalue weighted by molar-refractivity contribution is 9.10. The Hall–Kier alpha value is -3.49. The summed E-state index contributed by atoms with van der Waals surface area (Å²) in [6.07, 6.45) is 5.65. The van der Waals surface area contributed by atoms with Crippen molar-refractivity contribution in [2.45, 2.75) is 32.3 Å². The molecule has 4 aromatic rings. The third-order valence-corrected chi connectivity index (χ3v) is 7.99. The van der Waals surface area contributed by atoms with Gasteiger partial charge in [-0.15, -0.1) is 11.3 Å². The number of aryl methyl sites for hydroxylation is 1. The maximum absolute atomic E-state index is 14.2. The first-order chi connectivity index (χ1) is 18.5. The molecule has 0 unspecified atom stereocenters. The molecule has 194 valence electrons. The molecule has 0 radical (unpaired) electrons. The van der Waals surface area contributed by atoms with Crippen molar-refractivity contribution < 1.29 is 18.7 Å². The number of benzene rings is 3. The molecular weight excluding hydrogens is 567 g/mol. The van der Waals surface area contributed by atoms with Gasteiger partial charge in [-0.05, 0) is 61.6 Å². The van der Waals surface area contributed by atoms with Crippen molar-refractivity contribution >= 4 is 50.1 Å². The van der Waals surface area contributed by atoms with Gasteiger partial charge in [0.25, 0.3) is 5.91 Å². The molecule has 0 saturated heterocycles. The number of aliphatic imine (C=N–C) groups is 1. The van der Waals surface area contributed by atoms with Crippen LogP contribution in [0.3, 0.4) is 0 Å². The number of carbonyl (C=O) groups is 1. The van der Waals surface area contributed by atoms with Crippen molar-refractivity contribution in [3.63, 3.8) is 0 Å². The average molecular weight is 594 g/mol. The molecule has 0 atom stereocenters. The van der Waals surface area contributed by atoms with Gasteiger partial charge in [-0.2, -0.15) is 0 Å². The van der Waals surface area contributed by atoms with Gasteiger partial charge in [0.1, 0.15) is 17.4 Å². The van der Waals surface area contributed by atoms with Gasteiger partial charge in [-0.1, -0.05) is 52.3 Å². The number of para-hydroxylation sites is 1. The lowest BCUT2D eigenvalue weighted by atomic mass is 9.95. The summed E-state index contributed by atoms with van der Waals surface area (Å²) < 4.78 is 26.6. The fourth-order valence-electron chi connectivity index (χ4n) is 4.48. The maximum Gasteiger partial charge on any atom is 0.259 e. The van der Waals surface area contributed by atoms with E-state index in [1.807, 2.05) is 36.4 Å². The van der Waals surface area contributed by atoms with Gasteiger partial charge >= 0.3 is 0 Å². The summed E-state index contributed by atoms with van der Waals surface area (Å²) in [5.41, 5.74) is 3.54. The van der Waals surface area contributed by atoms with E-state index in [1.165, 1.54) is 10.9 Å². The zero-order chi connectivity index (χ0) is 26.5. The molecule has 1 aliphatic rings. The molecule has 0 fully saturated rings. The molecule has 1 heterocycles. The molecule has 38 heavy (non-hydrogen) atoms. The Morgan fingerprint density at radius 2 is 1.87 bits per heavy atom. The number of thiophene rings is 1. The Balaban J connectivity index is 1.49. The molecule has 1 aliphatic carbocycles. The van der Waals surface area contributed by atoms with E-state index in [-0.39, 0.29) is 18.3 Å². The molecule has 1 N–H and O–H groups in total. The average Bonchev–Trinajstić information content (AvgIpc) is 3.31. The highest BCUT2D eigenvalue weighted by Gasteiger charge is 2.25. The van der Waals surface area contributed by atoms with Crippen molar-refractivity contribution in [1.29, 1.82) is 0 Å². The number of fused-ring (bicyclic) bond motifs is 1. The Kier molecular flexibility index (Phi) is 8.20. The predicted octanol–water partition coefficient (Wildman–Crippen LogP) is 8.12. The summed E-state index contributed by atoms with van der Waals surface area (Å²) in [6, 6.07) is 19.6. The molecule has 5 rings (SSSR count). The number of ether oxygens (including phenoxy) is 2. The van der Waals surface area contributed by atoms with Crippen molar-refractivity contribution in [2.75, 3.05) is 12.4 Å². The number of carbonyl (C=O) groups excluding carboxylic acids is 1. The second-order valence-electron chi connectivity index (χ2n) is 8.88. The first kappa shape index (κ1) is 26.1. The lowest BCUT2D eigenvalue weighted by Gasteiger charge is -2.14. The molecule has 0 aliphatic heterocycles. The molecule has 0 bridgehead atoms. The van der Waals surface area contributed by atoms with E-state index in [0.29, 0.717) is 33.2 Å². The largest absolute Gasteiger partial charge is 0.493 e. The van der Waals surface area contributed by atoms with Crippen molar-refractivity contribution in [2.24, 2.45) is 4.99 Å². The Morgan fingerprint density at radius 1 is 1.11 bits per heavy atom. The van der Waals surface area contributed by atoms with Gasteiger partial charge in [0.05, 0.1) is 12.7 Å². The summed E-state index contributed by atoms with van der Waals surface area (Å²) in [7, 11) is 1.55. The molecule has 0 saturated carbocycles. The van der Waals surface area contributed by atoms with E-state index < -0.39 is 0 Å². The first-order valence-corrected chi connectivity index (χ1v) is 13.9. The molecule has 8 heteroatoms. The Bertz CT molecular complexity index is 1490. The predicted molar refractivity (Wildman–Crippen MR) is 154 cm³/mol. The van der Waals surface area contributed by atoms with Crippen LogP contribution in [0.1, 0.15) is 44.8 Å². The molecule has 1 aromatic heterocycles. The quantitative estimate of drug-likeness (QED) is 0.210. The standard InChI is InChI=1S/C30H26BrFN2O3S/c1-36-25-16-21(31)15-20(28(25)37-18-19-9-5-7-13-24(19)32)17-33-30-27(23-12-6-8-14-26(23)38-30)29(35)34-22-10-3-2-4-11-22/h2-5,7,9-11,13,15-17H,6,8,12,14,18H2,1H3,(H,34,35). The topological polar surface area (TPSA) is 59.9 Å². The molecule has 5 nitrogen and oxygen atoms in total. The summed E-state index contributed by atoms with van der Waals surface area (Å²) in [4.78, 5) is 19.4. The number of amides is 1. The van der Waals surface area contributed by atoms with Gasteiger partial charge in [0.2, 0.25) is 0 Å².